The van der Waals surface area contributed by atoms with Gasteiger partial charge in [0.05, 0.1) is 19.2 Å². The number of nitrogens with zero attached hydrogens (tertiary/aromatic N) is 3. The van der Waals surface area contributed by atoms with Crippen molar-refractivity contribution in [3.05, 3.63) is 90.3 Å². The monoisotopic (exact) mass is 487 g/mol. The fourth-order valence-electron chi connectivity index (χ4n) is 3.48. The van der Waals surface area contributed by atoms with Crippen molar-refractivity contribution in [2.45, 2.75) is 19.4 Å². The molecule has 1 aromatic heterocycles. The smallest absolute Gasteiger partial charge is 0.416 e. The molecule has 4 aromatic rings. The van der Waals surface area contributed by atoms with E-state index in [9.17, 15) is 14.7 Å². The van der Waals surface area contributed by atoms with E-state index in [-0.39, 0.29) is 18.0 Å². The minimum Gasteiger partial charge on any atom is -0.508 e. The third-order valence-corrected chi connectivity index (χ3v) is 5.46. The Morgan fingerprint density at radius 1 is 1.03 bits per heavy atom. The summed E-state index contributed by atoms with van der Waals surface area (Å²) in [4.78, 5) is 29.6. The van der Waals surface area contributed by atoms with E-state index in [2.05, 4.69) is 10.1 Å². The van der Waals surface area contributed by atoms with Crippen LogP contribution in [0.2, 0.25) is 0 Å². The number of rotatable bonds is 10. The third-order valence-electron chi connectivity index (χ3n) is 5.46. The van der Waals surface area contributed by atoms with E-state index >= 15 is 0 Å². The Balaban J connectivity index is 1.32. The molecule has 9 heteroatoms. The number of benzene rings is 3. The SMILES string of the molecule is C[C@@H](c1ccc(OCCc2noc(-c3ccccc3)n2)cc1)N(CC=O)C(=O)Oc1ccc(O)cc1. The molecule has 0 fully saturated rings. The van der Waals surface area contributed by atoms with Gasteiger partial charge in [-0.25, -0.2) is 4.79 Å². The summed E-state index contributed by atoms with van der Waals surface area (Å²) >= 11 is 0. The van der Waals surface area contributed by atoms with Crippen molar-refractivity contribution in [2.24, 2.45) is 0 Å². The molecule has 3 aromatic carbocycles. The van der Waals surface area contributed by atoms with E-state index in [1.807, 2.05) is 42.5 Å². The van der Waals surface area contributed by atoms with Crippen LogP contribution in [0.5, 0.6) is 17.2 Å². The van der Waals surface area contributed by atoms with Gasteiger partial charge in [0.1, 0.15) is 23.5 Å². The maximum atomic E-state index is 12.7. The summed E-state index contributed by atoms with van der Waals surface area (Å²) < 4.78 is 16.5. The Hall–Kier alpha value is -4.66. The van der Waals surface area contributed by atoms with Gasteiger partial charge in [-0.05, 0) is 61.0 Å². The van der Waals surface area contributed by atoms with Gasteiger partial charge in [0, 0.05) is 12.0 Å². The van der Waals surface area contributed by atoms with Crippen molar-refractivity contribution >= 4 is 12.4 Å². The summed E-state index contributed by atoms with van der Waals surface area (Å²) in [5.74, 6) is 1.99. The van der Waals surface area contributed by atoms with Crippen molar-refractivity contribution < 1.29 is 28.7 Å². The molecule has 1 atom stereocenters. The molecule has 0 spiro atoms. The second-order valence-corrected chi connectivity index (χ2v) is 7.91. The van der Waals surface area contributed by atoms with Crippen LogP contribution in [0, 0.1) is 0 Å². The highest BCUT2D eigenvalue weighted by Gasteiger charge is 2.23. The van der Waals surface area contributed by atoms with Crippen LogP contribution < -0.4 is 9.47 Å². The number of carbonyl (C=O) groups excluding carboxylic acids is 2. The standard InChI is InChI=1S/C27H25N3O6/c1-19(30(16-17-31)27(33)35-24-13-9-22(32)10-14-24)20-7-11-23(12-8-20)34-18-15-25-28-26(36-29-25)21-5-3-2-4-6-21/h2-14,17,19,32H,15-16,18H2,1H3/t19-/m0/s1. The van der Waals surface area contributed by atoms with Crippen LogP contribution in [-0.4, -0.2) is 45.7 Å². The lowest BCUT2D eigenvalue weighted by Gasteiger charge is -2.27. The van der Waals surface area contributed by atoms with Crippen LogP contribution in [0.15, 0.2) is 83.4 Å². The molecule has 36 heavy (non-hydrogen) atoms. The maximum absolute atomic E-state index is 12.7. The number of hydrogen-bond acceptors (Lipinski definition) is 8. The van der Waals surface area contributed by atoms with Gasteiger partial charge in [0.15, 0.2) is 5.82 Å². The number of aromatic hydroxyl groups is 1. The predicted octanol–water partition coefficient (Wildman–Crippen LogP) is 4.82. The van der Waals surface area contributed by atoms with Gasteiger partial charge in [-0.3, -0.25) is 4.90 Å². The molecular formula is C27H25N3O6. The zero-order valence-corrected chi connectivity index (χ0v) is 19.6. The van der Waals surface area contributed by atoms with E-state index < -0.39 is 12.1 Å². The Kier molecular flexibility index (Phi) is 7.92. The molecule has 1 heterocycles. The van der Waals surface area contributed by atoms with E-state index in [1.165, 1.54) is 29.2 Å². The maximum Gasteiger partial charge on any atom is 0.416 e. The Labute approximate surface area is 207 Å². The second-order valence-electron chi connectivity index (χ2n) is 7.91. The molecule has 0 aliphatic carbocycles. The number of aldehydes is 1. The first kappa shape index (κ1) is 24.5. The number of phenols is 1. The fourth-order valence-corrected chi connectivity index (χ4v) is 3.48. The van der Waals surface area contributed by atoms with Crippen LogP contribution in [0.1, 0.15) is 24.4 Å². The first-order valence-corrected chi connectivity index (χ1v) is 11.4. The molecule has 1 N–H and O–H groups in total. The Morgan fingerprint density at radius 3 is 2.42 bits per heavy atom. The van der Waals surface area contributed by atoms with Crippen LogP contribution in [-0.2, 0) is 11.2 Å². The number of ether oxygens (including phenoxy) is 2. The largest absolute Gasteiger partial charge is 0.508 e. The average Bonchev–Trinajstić information content (AvgIpc) is 3.38. The summed E-state index contributed by atoms with van der Waals surface area (Å²) in [6.07, 6.45) is 0.452. The van der Waals surface area contributed by atoms with Crippen molar-refractivity contribution in [1.82, 2.24) is 15.0 Å². The number of hydrogen-bond donors (Lipinski definition) is 1. The second kappa shape index (κ2) is 11.7. The van der Waals surface area contributed by atoms with E-state index in [1.54, 1.807) is 19.1 Å². The fraction of sp³-hybridized carbons (Fsp3) is 0.185. The average molecular weight is 488 g/mol. The Morgan fingerprint density at radius 2 is 1.72 bits per heavy atom. The minimum absolute atomic E-state index is 0.0597. The first-order valence-electron chi connectivity index (χ1n) is 11.4. The lowest BCUT2D eigenvalue weighted by molar-refractivity contribution is -0.108. The number of amides is 1. The van der Waals surface area contributed by atoms with Gasteiger partial charge in [-0.15, -0.1) is 0 Å². The van der Waals surface area contributed by atoms with Gasteiger partial charge >= 0.3 is 6.09 Å². The lowest BCUT2D eigenvalue weighted by atomic mass is 10.1. The summed E-state index contributed by atoms with van der Waals surface area (Å²) in [6.45, 7) is 2.03. The van der Waals surface area contributed by atoms with E-state index in [0.29, 0.717) is 36.8 Å². The zero-order valence-electron chi connectivity index (χ0n) is 19.6. The summed E-state index contributed by atoms with van der Waals surface area (Å²) in [6, 6.07) is 22.1. The van der Waals surface area contributed by atoms with Gasteiger partial charge in [0.25, 0.3) is 5.89 Å². The molecule has 0 aliphatic rings. The molecule has 0 unspecified atom stereocenters. The molecule has 9 nitrogen and oxygen atoms in total. The molecule has 4 rings (SSSR count). The highest BCUT2D eigenvalue weighted by molar-refractivity contribution is 5.74. The first-order chi connectivity index (χ1) is 17.5. The molecule has 184 valence electrons. The van der Waals surface area contributed by atoms with E-state index in [4.69, 9.17) is 14.0 Å². The zero-order chi connectivity index (χ0) is 25.3. The molecule has 0 saturated carbocycles. The van der Waals surface area contributed by atoms with Gasteiger partial charge in [-0.2, -0.15) is 4.98 Å². The normalized spacial score (nSPS) is 11.5. The number of carbonyl (C=O) groups is 2. The van der Waals surface area contributed by atoms with Gasteiger partial charge in [-0.1, -0.05) is 35.5 Å². The molecular weight excluding hydrogens is 462 g/mol. The van der Waals surface area contributed by atoms with Crippen LogP contribution in [0.4, 0.5) is 4.79 Å². The highest BCUT2D eigenvalue weighted by atomic mass is 16.6. The Bertz CT molecular complexity index is 1270. The highest BCUT2D eigenvalue weighted by Crippen LogP contribution is 2.25. The van der Waals surface area contributed by atoms with Crippen molar-refractivity contribution in [3.63, 3.8) is 0 Å². The van der Waals surface area contributed by atoms with Crippen molar-refractivity contribution in [1.29, 1.82) is 0 Å². The quantitative estimate of drug-likeness (QED) is 0.317. The minimum atomic E-state index is -0.671. The summed E-state index contributed by atoms with van der Waals surface area (Å²) in [5, 5.41) is 13.4. The summed E-state index contributed by atoms with van der Waals surface area (Å²) in [5.41, 5.74) is 1.66. The number of aromatic nitrogens is 2. The van der Waals surface area contributed by atoms with Crippen molar-refractivity contribution in [2.75, 3.05) is 13.2 Å². The van der Waals surface area contributed by atoms with Gasteiger partial charge < -0.3 is 23.9 Å². The molecule has 1 amide bonds. The third kappa shape index (κ3) is 6.26. The molecule has 0 radical (unpaired) electrons. The predicted molar refractivity (Wildman–Crippen MR) is 131 cm³/mol. The molecule has 0 aliphatic heterocycles. The number of phenolic OH excluding ortho intramolecular Hbond substituents is 1. The molecule has 0 bridgehead atoms. The van der Waals surface area contributed by atoms with E-state index in [0.717, 1.165) is 11.1 Å². The molecule has 0 saturated heterocycles. The van der Waals surface area contributed by atoms with Gasteiger partial charge in [0.2, 0.25) is 0 Å². The van der Waals surface area contributed by atoms with Crippen molar-refractivity contribution in [3.8, 4) is 28.7 Å². The van der Waals surface area contributed by atoms with Crippen LogP contribution in [0.25, 0.3) is 11.5 Å². The van der Waals surface area contributed by atoms with Crippen LogP contribution in [0.3, 0.4) is 0 Å². The summed E-state index contributed by atoms with van der Waals surface area (Å²) in [7, 11) is 0. The van der Waals surface area contributed by atoms with Crippen LogP contribution >= 0.6 is 0 Å². The topological polar surface area (TPSA) is 115 Å². The lowest BCUT2D eigenvalue weighted by Crippen LogP contribution is -2.37.